The fourth-order valence-corrected chi connectivity index (χ4v) is 2.18. The summed E-state index contributed by atoms with van der Waals surface area (Å²) < 4.78 is 18.7. The van der Waals surface area contributed by atoms with Crippen LogP contribution in [-0.2, 0) is 6.54 Å². The maximum absolute atomic E-state index is 13.6. The van der Waals surface area contributed by atoms with Crippen LogP contribution in [0, 0.1) is 19.7 Å². The van der Waals surface area contributed by atoms with Gasteiger partial charge in [-0.2, -0.15) is 0 Å². The third kappa shape index (κ3) is 3.20. The first-order chi connectivity index (χ1) is 9.49. The smallest absolute Gasteiger partial charge is 0.129 e. The van der Waals surface area contributed by atoms with E-state index in [4.69, 9.17) is 10.5 Å². The van der Waals surface area contributed by atoms with E-state index in [0.717, 1.165) is 11.3 Å². The van der Waals surface area contributed by atoms with Gasteiger partial charge in [-0.15, -0.1) is 0 Å². The molecule has 0 saturated carbocycles. The second kappa shape index (κ2) is 5.82. The molecule has 0 aliphatic heterocycles. The van der Waals surface area contributed by atoms with Crippen molar-refractivity contribution in [2.45, 2.75) is 20.4 Å². The molecule has 3 N–H and O–H groups in total. The van der Waals surface area contributed by atoms with Gasteiger partial charge in [0.05, 0.1) is 7.11 Å². The number of nitrogens with one attached hydrogen (secondary N) is 1. The molecular formula is C16H19FN2O. The predicted octanol–water partition coefficient (Wildman–Crippen LogP) is 3.65. The van der Waals surface area contributed by atoms with Crippen LogP contribution in [0.2, 0.25) is 0 Å². The van der Waals surface area contributed by atoms with E-state index in [2.05, 4.69) is 5.32 Å². The summed E-state index contributed by atoms with van der Waals surface area (Å²) >= 11 is 0. The number of aryl methyl sites for hydroxylation is 2. The highest BCUT2D eigenvalue weighted by molar-refractivity contribution is 5.59. The Kier molecular flexibility index (Phi) is 4.13. The summed E-state index contributed by atoms with van der Waals surface area (Å²) in [5.74, 6) is 0.568. The minimum Gasteiger partial charge on any atom is -0.497 e. The number of nitrogens with two attached hydrogens (primary N) is 1. The van der Waals surface area contributed by atoms with Crippen molar-refractivity contribution in [2.24, 2.45) is 0 Å². The summed E-state index contributed by atoms with van der Waals surface area (Å²) in [5.41, 5.74) is 9.66. The Morgan fingerprint density at radius 3 is 2.35 bits per heavy atom. The van der Waals surface area contributed by atoms with Gasteiger partial charge in [0.15, 0.2) is 0 Å². The van der Waals surface area contributed by atoms with Crippen LogP contribution in [0.15, 0.2) is 30.3 Å². The number of hydrogen-bond donors (Lipinski definition) is 2. The van der Waals surface area contributed by atoms with Crippen LogP contribution < -0.4 is 15.8 Å². The topological polar surface area (TPSA) is 47.3 Å². The molecule has 0 atom stereocenters. The second-order valence-electron chi connectivity index (χ2n) is 4.89. The van der Waals surface area contributed by atoms with Crippen LogP contribution >= 0.6 is 0 Å². The van der Waals surface area contributed by atoms with E-state index < -0.39 is 0 Å². The molecule has 20 heavy (non-hydrogen) atoms. The van der Waals surface area contributed by atoms with Crippen molar-refractivity contribution in [2.75, 3.05) is 18.2 Å². The van der Waals surface area contributed by atoms with Gasteiger partial charge in [-0.25, -0.2) is 4.39 Å². The third-order valence-electron chi connectivity index (χ3n) is 3.16. The number of halogens is 1. The van der Waals surface area contributed by atoms with Crippen LogP contribution in [0.5, 0.6) is 5.75 Å². The van der Waals surface area contributed by atoms with Crippen molar-refractivity contribution in [3.63, 3.8) is 0 Å². The predicted molar refractivity (Wildman–Crippen MR) is 80.6 cm³/mol. The fourth-order valence-electron chi connectivity index (χ4n) is 2.18. The summed E-state index contributed by atoms with van der Waals surface area (Å²) in [5, 5.41) is 3.27. The molecule has 3 nitrogen and oxygen atoms in total. The van der Waals surface area contributed by atoms with Crippen molar-refractivity contribution in [3.05, 3.63) is 52.8 Å². The molecule has 106 valence electrons. The van der Waals surface area contributed by atoms with Crippen LogP contribution in [0.1, 0.15) is 16.7 Å². The standard InChI is InChI=1S/C16H19FN2O/c1-10-4-12(5-11(2)16(10)17)9-19-14-6-13(18)7-15(8-14)20-3/h4-8,19H,9,18H2,1-3H3. The molecular weight excluding hydrogens is 255 g/mol. The molecule has 0 aromatic heterocycles. The lowest BCUT2D eigenvalue weighted by Crippen LogP contribution is -2.02. The lowest BCUT2D eigenvalue weighted by Gasteiger charge is -2.11. The van der Waals surface area contributed by atoms with E-state index in [0.29, 0.717) is 29.1 Å². The van der Waals surface area contributed by atoms with Crippen molar-refractivity contribution < 1.29 is 9.13 Å². The summed E-state index contributed by atoms with van der Waals surface area (Å²) in [6.45, 7) is 4.15. The van der Waals surface area contributed by atoms with Crippen molar-refractivity contribution in [1.82, 2.24) is 0 Å². The highest BCUT2D eigenvalue weighted by atomic mass is 19.1. The molecule has 0 bridgehead atoms. The van der Waals surface area contributed by atoms with Crippen LogP contribution in [-0.4, -0.2) is 7.11 Å². The number of benzene rings is 2. The second-order valence-corrected chi connectivity index (χ2v) is 4.89. The maximum Gasteiger partial charge on any atom is 0.129 e. The van der Waals surface area contributed by atoms with E-state index >= 15 is 0 Å². The monoisotopic (exact) mass is 274 g/mol. The minimum absolute atomic E-state index is 0.139. The van der Waals surface area contributed by atoms with Gasteiger partial charge < -0.3 is 15.8 Å². The number of rotatable bonds is 4. The van der Waals surface area contributed by atoms with Crippen molar-refractivity contribution in [3.8, 4) is 5.75 Å². The van der Waals surface area contributed by atoms with Gasteiger partial charge in [0.1, 0.15) is 11.6 Å². The Hall–Kier alpha value is -2.23. The quantitative estimate of drug-likeness (QED) is 0.837. The van der Waals surface area contributed by atoms with Gasteiger partial charge >= 0.3 is 0 Å². The van der Waals surface area contributed by atoms with E-state index in [9.17, 15) is 4.39 Å². The molecule has 0 heterocycles. The molecule has 0 aliphatic carbocycles. The minimum atomic E-state index is -0.139. The molecule has 2 aromatic carbocycles. The average molecular weight is 274 g/mol. The molecule has 0 fully saturated rings. The summed E-state index contributed by atoms with van der Waals surface area (Å²) in [6.07, 6.45) is 0. The van der Waals surface area contributed by atoms with Crippen molar-refractivity contribution in [1.29, 1.82) is 0 Å². The molecule has 0 unspecified atom stereocenters. The van der Waals surface area contributed by atoms with Crippen LogP contribution in [0.25, 0.3) is 0 Å². The van der Waals surface area contributed by atoms with Gasteiger partial charge in [-0.05, 0) is 36.6 Å². The molecule has 2 aromatic rings. The Bertz CT molecular complexity index is 603. The van der Waals surface area contributed by atoms with E-state index in [1.807, 2.05) is 24.3 Å². The zero-order chi connectivity index (χ0) is 14.7. The zero-order valence-electron chi connectivity index (χ0n) is 12.0. The Morgan fingerprint density at radius 1 is 1.10 bits per heavy atom. The summed E-state index contributed by atoms with van der Waals surface area (Å²) in [4.78, 5) is 0. The van der Waals surface area contributed by atoms with E-state index in [-0.39, 0.29) is 5.82 Å². The SMILES string of the molecule is COc1cc(N)cc(NCc2cc(C)c(F)c(C)c2)c1. The fraction of sp³-hybridized carbons (Fsp3) is 0.250. The van der Waals surface area contributed by atoms with E-state index in [1.54, 1.807) is 27.0 Å². The molecule has 4 heteroatoms. The average Bonchev–Trinajstić information content (AvgIpc) is 2.41. The highest BCUT2D eigenvalue weighted by Gasteiger charge is 2.05. The lowest BCUT2D eigenvalue weighted by atomic mass is 10.1. The van der Waals surface area contributed by atoms with Crippen molar-refractivity contribution >= 4 is 11.4 Å². The Balaban J connectivity index is 2.14. The van der Waals surface area contributed by atoms with Gasteiger partial charge in [0, 0.05) is 30.1 Å². The lowest BCUT2D eigenvalue weighted by molar-refractivity contribution is 0.415. The Labute approximate surface area is 118 Å². The van der Waals surface area contributed by atoms with Gasteiger partial charge in [-0.3, -0.25) is 0 Å². The van der Waals surface area contributed by atoms with Crippen LogP contribution in [0.3, 0.4) is 0 Å². The largest absolute Gasteiger partial charge is 0.497 e. The third-order valence-corrected chi connectivity index (χ3v) is 3.16. The first-order valence-electron chi connectivity index (χ1n) is 6.43. The van der Waals surface area contributed by atoms with E-state index in [1.165, 1.54) is 0 Å². The maximum atomic E-state index is 13.6. The molecule has 0 spiro atoms. The Morgan fingerprint density at radius 2 is 1.75 bits per heavy atom. The highest BCUT2D eigenvalue weighted by Crippen LogP contribution is 2.23. The van der Waals surface area contributed by atoms with Gasteiger partial charge in [0.25, 0.3) is 0 Å². The first-order valence-corrected chi connectivity index (χ1v) is 6.43. The van der Waals surface area contributed by atoms with Crippen LogP contribution in [0.4, 0.5) is 15.8 Å². The summed E-state index contributed by atoms with van der Waals surface area (Å²) in [6, 6.07) is 9.17. The first kappa shape index (κ1) is 14.2. The molecule has 0 amide bonds. The number of anilines is 2. The number of methoxy groups -OCH3 is 1. The number of nitrogen functional groups attached to an aromatic ring is 1. The normalized spacial score (nSPS) is 10.4. The molecule has 0 saturated heterocycles. The zero-order valence-corrected chi connectivity index (χ0v) is 12.0. The molecule has 2 rings (SSSR count). The summed E-state index contributed by atoms with van der Waals surface area (Å²) in [7, 11) is 1.60. The number of hydrogen-bond acceptors (Lipinski definition) is 3. The number of ether oxygens (including phenoxy) is 1. The van der Waals surface area contributed by atoms with Gasteiger partial charge in [-0.1, -0.05) is 12.1 Å². The molecule has 0 aliphatic rings. The van der Waals surface area contributed by atoms with Gasteiger partial charge in [0.2, 0.25) is 0 Å². The molecule has 0 radical (unpaired) electrons.